The quantitative estimate of drug-likeness (QED) is 0.0662. The highest BCUT2D eigenvalue weighted by Gasteiger charge is 2.08. The third-order valence-electron chi connectivity index (χ3n) is 6.31. The first-order valence-corrected chi connectivity index (χ1v) is 16.4. The summed E-state index contributed by atoms with van der Waals surface area (Å²) in [5.41, 5.74) is 1.48. The number of hydrogen-bond acceptors (Lipinski definition) is 5. The van der Waals surface area contributed by atoms with E-state index in [4.69, 9.17) is 9.05 Å². The number of benzene rings is 1. The lowest BCUT2D eigenvalue weighted by Gasteiger charge is -2.23. The highest BCUT2D eigenvalue weighted by atomic mass is 127. The van der Waals surface area contributed by atoms with E-state index >= 15 is 0 Å². The molecule has 0 N–H and O–H groups in total. The first kappa shape index (κ1) is 33.0. The minimum atomic E-state index is -4.13. The molecule has 1 atom stereocenters. The maximum Gasteiger partial charge on any atom is 0.267 e. The SMILES string of the molecule is CN(C)CCOP(=O)([O-])OCCCCCCCCCCCCCCCCCCc1ccc(I)cc1. The fourth-order valence-corrected chi connectivity index (χ4v) is 5.20. The Morgan fingerprint density at radius 2 is 1.09 bits per heavy atom. The average Bonchev–Trinajstić information content (AvgIpc) is 2.81. The van der Waals surface area contributed by atoms with Crippen molar-refractivity contribution in [1.82, 2.24) is 4.90 Å². The number of phosphoric acid groups is 1. The van der Waals surface area contributed by atoms with E-state index in [1.807, 2.05) is 19.0 Å². The van der Waals surface area contributed by atoms with E-state index in [2.05, 4.69) is 46.9 Å². The second-order valence-corrected chi connectivity index (χ2v) is 12.6. The summed E-state index contributed by atoms with van der Waals surface area (Å²) >= 11 is 2.36. The molecule has 1 aromatic rings. The molecule has 0 saturated carbocycles. The predicted molar refractivity (Wildman–Crippen MR) is 155 cm³/mol. The summed E-state index contributed by atoms with van der Waals surface area (Å²) in [6.45, 7) is 0.935. The van der Waals surface area contributed by atoms with Crippen LogP contribution in [-0.2, 0) is 20.0 Å². The number of halogens is 1. The molecule has 0 aromatic heterocycles. The Labute approximate surface area is 229 Å². The third kappa shape index (κ3) is 21.8. The van der Waals surface area contributed by atoms with Crippen LogP contribution in [-0.4, -0.2) is 38.8 Å². The van der Waals surface area contributed by atoms with E-state index in [1.54, 1.807) is 0 Å². The van der Waals surface area contributed by atoms with Crippen LogP contribution in [0.4, 0.5) is 0 Å². The van der Waals surface area contributed by atoms with Crippen molar-refractivity contribution >= 4 is 30.4 Å². The Hall–Kier alpha value is 0.0200. The van der Waals surface area contributed by atoms with Gasteiger partial charge in [0.15, 0.2) is 0 Å². The van der Waals surface area contributed by atoms with Crippen molar-refractivity contribution < 1.29 is 18.5 Å². The van der Waals surface area contributed by atoms with E-state index in [-0.39, 0.29) is 13.2 Å². The second kappa shape index (κ2) is 22.0. The van der Waals surface area contributed by atoms with Gasteiger partial charge >= 0.3 is 0 Å². The van der Waals surface area contributed by atoms with Gasteiger partial charge in [0, 0.05) is 10.1 Å². The van der Waals surface area contributed by atoms with Gasteiger partial charge in [0.05, 0.1) is 13.2 Å². The van der Waals surface area contributed by atoms with E-state index in [9.17, 15) is 9.46 Å². The molecule has 0 saturated heterocycles. The lowest BCUT2D eigenvalue weighted by Crippen LogP contribution is -2.19. The summed E-state index contributed by atoms with van der Waals surface area (Å²) in [5, 5.41) is 0. The van der Waals surface area contributed by atoms with Gasteiger partial charge in [-0.2, -0.15) is 0 Å². The van der Waals surface area contributed by atoms with Crippen LogP contribution in [0.2, 0.25) is 0 Å². The number of phosphoric ester groups is 1. The van der Waals surface area contributed by atoms with Gasteiger partial charge in [-0.25, -0.2) is 0 Å². The van der Waals surface area contributed by atoms with Gasteiger partial charge in [-0.1, -0.05) is 102 Å². The lowest BCUT2D eigenvalue weighted by atomic mass is 10.0. The predicted octanol–water partition coefficient (Wildman–Crippen LogP) is 8.14. The van der Waals surface area contributed by atoms with Crippen molar-refractivity contribution in [3.63, 3.8) is 0 Å². The fraction of sp³-hybridized carbons (Fsp3) is 0.786. The number of likely N-dealkylation sites (N-methyl/N-ethyl adjacent to an activating group) is 1. The van der Waals surface area contributed by atoms with Crippen LogP contribution in [0.25, 0.3) is 0 Å². The normalized spacial score (nSPS) is 13.4. The van der Waals surface area contributed by atoms with Gasteiger partial charge in [-0.15, -0.1) is 0 Å². The maximum atomic E-state index is 11.6. The minimum Gasteiger partial charge on any atom is -0.756 e. The number of unbranched alkanes of at least 4 members (excludes halogenated alkanes) is 15. The molecule has 0 aliphatic carbocycles. The molecule has 1 aromatic carbocycles. The fourth-order valence-electron chi connectivity index (χ4n) is 4.11. The molecule has 35 heavy (non-hydrogen) atoms. The zero-order valence-electron chi connectivity index (χ0n) is 22.4. The third-order valence-corrected chi connectivity index (χ3v) is 8.03. The largest absolute Gasteiger partial charge is 0.756 e. The first-order valence-electron chi connectivity index (χ1n) is 13.9. The van der Waals surface area contributed by atoms with Crippen molar-refractivity contribution in [3.8, 4) is 0 Å². The van der Waals surface area contributed by atoms with Crippen LogP contribution < -0.4 is 4.89 Å². The molecule has 0 aliphatic heterocycles. The van der Waals surface area contributed by atoms with Crippen LogP contribution in [0.5, 0.6) is 0 Å². The van der Waals surface area contributed by atoms with Gasteiger partial charge in [0.2, 0.25) is 0 Å². The van der Waals surface area contributed by atoms with Crippen molar-refractivity contribution in [3.05, 3.63) is 33.4 Å². The molecular formula is C28H50INO4P-. The average molecular weight is 623 g/mol. The van der Waals surface area contributed by atoms with Crippen LogP contribution >= 0.6 is 30.4 Å². The summed E-state index contributed by atoms with van der Waals surface area (Å²) in [4.78, 5) is 13.5. The van der Waals surface area contributed by atoms with E-state index in [0.29, 0.717) is 6.54 Å². The summed E-state index contributed by atoms with van der Waals surface area (Å²) < 4.78 is 22.7. The van der Waals surface area contributed by atoms with Crippen LogP contribution in [0.1, 0.15) is 108 Å². The van der Waals surface area contributed by atoms with Crippen LogP contribution in [0.15, 0.2) is 24.3 Å². The topological polar surface area (TPSA) is 61.8 Å². The van der Waals surface area contributed by atoms with E-state index in [1.165, 1.54) is 99.0 Å². The molecule has 0 heterocycles. The van der Waals surface area contributed by atoms with Crippen molar-refractivity contribution in [2.45, 2.75) is 109 Å². The number of hydrogen-bond donors (Lipinski definition) is 0. The standard InChI is InChI=1S/C28H51INO4P/c1-30(2)24-26-34-35(31,32)33-25-18-16-14-12-10-8-6-4-3-5-7-9-11-13-15-17-19-27-20-22-28(29)23-21-27/h20-23H,3-19,24-26H2,1-2H3,(H,31,32)/p-1. The summed E-state index contributed by atoms with van der Waals surface area (Å²) in [6, 6.07) is 8.94. The highest BCUT2D eigenvalue weighted by molar-refractivity contribution is 14.1. The van der Waals surface area contributed by atoms with E-state index in [0.717, 1.165) is 19.3 Å². The minimum absolute atomic E-state index is 0.142. The monoisotopic (exact) mass is 622 g/mol. The Kier molecular flexibility index (Phi) is 20.8. The number of rotatable bonds is 24. The molecule has 0 bridgehead atoms. The first-order chi connectivity index (χ1) is 16.9. The Balaban J connectivity index is 1.75. The van der Waals surface area contributed by atoms with Gasteiger partial charge in [0.1, 0.15) is 0 Å². The lowest BCUT2D eigenvalue weighted by molar-refractivity contribution is -0.225. The number of nitrogens with zero attached hydrogens (tertiary/aromatic N) is 1. The molecular weight excluding hydrogens is 572 g/mol. The maximum absolute atomic E-state index is 11.6. The van der Waals surface area contributed by atoms with E-state index < -0.39 is 7.82 Å². The molecule has 1 rings (SSSR count). The smallest absolute Gasteiger partial charge is 0.267 e. The molecule has 0 aliphatic rings. The van der Waals surface area contributed by atoms with Gasteiger partial charge in [-0.05, 0) is 73.6 Å². The van der Waals surface area contributed by atoms with Gasteiger partial charge in [0.25, 0.3) is 7.82 Å². The second-order valence-electron chi connectivity index (χ2n) is 9.95. The summed E-state index contributed by atoms with van der Waals surface area (Å²) in [5.74, 6) is 0. The molecule has 0 fully saturated rings. The Morgan fingerprint density at radius 1 is 0.686 bits per heavy atom. The zero-order valence-corrected chi connectivity index (χ0v) is 25.4. The highest BCUT2D eigenvalue weighted by Crippen LogP contribution is 2.38. The van der Waals surface area contributed by atoms with Gasteiger partial charge in [-0.3, -0.25) is 4.57 Å². The Bertz CT molecular complexity index is 657. The molecule has 5 nitrogen and oxygen atoms in total. The molecule has 1 unspecified atom stereocenters. The van der Waals surface area contributed by atoms with Crippen molar-refractivity contribution in [2.24, 2.45) is 0 Å². The van der Waals surface area contributed by atoms with Crippen LogP contribution in [0.3, 0.4) is 0 Å². The van der Waals surface area contributed by atoms with Gasteiger partial charge < -0.3 is 18.8 Å². The summed E-state index contributed by atoms with van der Waals surface area (Å²) in [7, 11) is -0.383. The van der Waals surface area contributed by atoms with Crippen molar-refractivity contribution in [1.29, 1.82) is 0 Å². The van der Waals surface area contributed by atoms with Crippen molar-refractivity contribution in [2.75, 3.05) is 33.9 Å². The molecule has 7 heteroatoms. The molecule has 0 spiro atoms. The van der Waals surface area contributed by atoms with Crippen LogP contribution in [0, 0.1) is 3.57 Å². The Morgan fingerprint density at radius 3 is 1.54 bits per heavy atom. The molecule has 0 radical (unpaired) electrons. The zero-order chi connectivity index (χ0) is 25.6. The summed E-state index contributed by atoms with van der Waals surface area (Å²) in [6.07, 6.45) is 21.8. The number of aryl methyl sites for hydroxylation is 1. The molecule has 204 valence electrons. The molecule has 0 amide bonds.